The zero-order chi connectivity index (χ0) is 10.9. The molecule has 2 nitrogen and oxygen atoms in total. The Morgan fingerprint density at radius 1 is 1.40 bits per heavy atom. The van der Waals surface area contributed by atoms with Crippen molar-refractivity contribution in [3.63, 3.8) is 0 Å². The van der Waals surface area contributed by atoms with Crippen molar-refractivity contribution in [1.29, 1.82) is 0 Å². The summed E-state index contributed by atoms with van der Waals surface area (Å²) in [4.78, 5) is 0. The lowest BCUT2D eigenvalue weighted by molar-refractivity contribution is 0.137. The molecule has 0 bridgehead atoms. The van der Waals surface area contributed by atoms with Gasteiger partial charge in [0.2, 0.25) is 0 Å². The first-order chi connectivity index (χ1) is 7.12. The second-order valence-electron chi connectivity index (χ2n) is 4.35. The lowest BCUT2D eigenvalue weighted by atomic mass is 9.76. The molecule has 0 spiro atoms. The molecule has 0 saturated carbocycles. The first-order valence-electron chi connectivity index (χ1n) is 5.05. The molecule has 0 amide bonds. The molecule has 2 rings (SSSR count). The van der Waals surface area contributed by atoms with Gasteiger partial charge in [-0.25, -0.2) is 0 Å². The molecular formula is C11H14BBrO2. The minimum atomic E-state index is -0.214. The van der Waals surface area contributed by atoms with Gasteiger partial charge in [0, 0.05) is 5.33 Å². The SMILES string of the molecule is CC1(C)COB(c2ccccc2CBr)O1. The highest BCUT2D eigenvalue weighted by Gasteiger charge is 2.38. The highest BCUT2D eigenvalue weighted by molar-refractivity contribution is 9.08. The highest BCUT2D eigenvalue weighted by atomic mass is 79.9. The van der Waals surface area contributed by atoms with Crippen molar-refractivity contribution in [2.24, 2.45) is 0 Å². The van der Waals surface area contributed by atoms with Crippen molar-refractivity contribution in [1.82, 2.24) is 0 Å². The summed E-state index contributed by atoms with van der Waals surface area (Å²) < 4.78 is 11.5. The van der Waals surface area contributed by atoms with E-state index < -0.39 is 0 Å². The van der Waals surface area contributed by atoms with Gasteiger partial charge in [0.1, 0.15) is 0 Å². The Kier molecular flexibility index (Phi) is 3.19. The molecule has 0 radical (unpaired) electrons. The second-order valence-corrected chi connectivity index (χ2v) is 4.91. The van der Waals surface area contributed by atoms with E-state index in [9.17, 15) is 0 Å². The van der Waals surface area contributed by atoms with E-state index >= 15 is 0 Å². The smallest absolute Gasteiger partial charge is 0.404 e. The predicted molar refractivity (Wildman–Crippen MR) is 65.6 cm³/mol. The number of hydrogen-bond acceptors (Lipinski definition) is 2. The summed E-state index contributed by atoms with van der Waals surface area (Å²) in [6.07, 6.45) is 0. The van der Waals surface area contributed by atoms with E-state index in [0.29, 0.717) is 6.61 Å². The minimum absolute atomic E-state index is 0.176. The van der Waals surface area contributed by atoms with E-state index in [2.05, 4.69) is 28.1 Å². The molecule has 0 aliphatic carbocycles. The van der Waals surface area contributed by atoms with E-state index in [1.807, 2.05) is 26.0 Å². The van der Waals surface area contributed by atoms with Gasteiger partial charge in [-0.1, -0.05) is 40.2 Å². The van der Waals surface area contributed by atoms with Crippen LogP contribution in [-0.2, 0) is 14.6 Å². The molecule has 1 saturated heterocycles. The monoisotopic (exact) mass is 268 g/mol. The predicted octanol–water partition coefficient (Wildman–Crippen LogP) is 2.10. The molecule has 1 aliphatic heterocycles. The molecule has 1 aromatic rings. The standard InChI is InChI=1S/C11H14BBrO2/c1-11(2)8-14-12(15-11)10-6-4-3-5-9(10)7-13/h3-6H,7-8H2,1-2H3. The molecule has 4 heteroatoms. The van der Waals surface area contributed by atoms with Gasteiger partial charge in [-0.15, -0.1) is 0 Å². The zero-order valence-corrected chi connectivity index (χ0v) is 10.6. The van der Waals surface area contributed by atoms with Gasteiger partial charge in [-0.05, 0) is 24.9 Å². The summed E-state index contributed by atoms with van der Waals surface area (Å²) in [6, 6.07) is 8.19. The summed E-state index contributed by atoms with van der Waals surface area (Å²) in [5.41, 5.74) is 2.17. The van der Waals surface area contributed by atoms with Gasteiger partial charge in [0.05, 0.1) is 12.2 Å². The first-order valence-corrected chi connectivity index (χ1v) is 6.18. The largest absolute Gasteiger partial charge is 0.494 e. The summed E-state index contributed by atoms with van der Waals surface area (Å²) >= 11 is 3.47. The maximum atomic E-state index is 5.83. The van der Waals surface area contributed by atoms with Gasteiger partial charge < -0.3 is 9.31 Å². The van der Waals surface area contributed by atoms with Gasteiger partial charge >= 0.3 is 7.12 Å². The maximum Gasteiger partial charge on any atom is 0.494 e. The van der Waals surface area contributed by atoms with Crippen LogP contribution in [0.3, 0.4) is 0 Å². The van der Waals surface area contributed by atoms with E-state index in [4.69, 9.17) is 9.31 Å². The first kappa shape index (κ1) is 11.2. The molecule has 80 valence electrons. The topological polar surface area (TPSA) is 18.5 Å². The zero-order valence-electron chi connectivity index (χ0n) is 9.00. The molecule has 15 heavy (non-hydrogen) atoms. The van der Waals surface area contributed by atoms with Crippen molar-refractivity contribution in [3.8, 4) is 0 Å². The van der Waals surface area contributed by atoms with Crippen LogP contribution in [0.2, 0.25) is 0 Å². The highest BCUT2D eigenvalue weighted by Crippen LogP contribution is 2.20. The van der Waals surface area contributed by atoms with Crippen LogP contribution in [0.5, 0.6) is 0 Å². The number of halogens is 1. The molecule has 0 unspecified atom stereocenters. The fourth-order valence-corrected chi connectivity index (χ4v) is 2.18. The summed E-state index contributed by atoms with van der Waals surface area (Å²) in [5, 5.41) is 0.826. The fourth-order valence-electron chi connectivity index (χ4n) is 1.67. The number of rotatable bonds is 2. The van der Waals surface area contributed by atoms with Gasteiger partial charge in [-0.2, -0.15) is 0 Å². The third-order valence-corrected chi connectivity index (χ3v) is 3.07. The molecule has 1 heterocycles. The fraction of sp³-hybridized carbons (Fsp3) is 0.455. The Morgan fingerprint density at radius 3 is 2.73 bits per heavy atom. The number of benzene rings is 1. The van der Waals surface area contributed by atoms with Gasteiger partial charge in [0.25, 0.3) is 0 Å². The van der Waals surface area contributed by atoms with Crippen molar-refractivity contribution in [3.05, 3.63) is 29.8 Å². The number of alkyl halides is 1. The van der Waals surface area contributed by atoms with Crippen LogP contribution >= 0.6 is 15.9 Å². The van der Waals surface area contributed by atoms with E-state index in [1.54, 1.807) is 0 Å². The van der Waals surface area contributed by atoms with Crippen molar-refractivity contribution in [2.75, 3.05) is 6.61 Å². The molecule has 0 aromatic heterocycles. The van der Waals surface area contributed by atoms with Crippen LogP contribution in [-0.4, -0.2) is 19.3 Å². The van der Waals surface area contributed by atoms with Gasteiger partial charge in [-0.3, -0.25) is 0 Å². The third-order valence-electron chi connectivity index (χ3n) is 2.46. The third kappa shape index (κ3) is 2.44. The van der Waals surface area contributed by atoms with Crippen LogP contribution in [0.25, 0.3) is 0 Å². The van der Waals surface area contributed by atoms with Crippen LogP contribution in [0, 0.1) is 0 Å². The normalized spacial score (nSPS) is 19.5. The summed E-state index contributed by atoms with van der Waals surface area (Å²) in [6.45, 7) is 4.74. The summed E-state index contributed by atoms with van der Waals surface area (Å²) in [5.74, 6) is 0. The number of hydrogen-bond donors (Lipinski definition) is 0. The van der Waals surface area contributed by atoms with E-state index in [1.165, 1.54) is 5.56 Å². The average molecular weight is 269 g/mol. The van der Waals surface area contributed by atoms with Crippen LogP contribution in [0.4, 0.5) is 0 Å². The molecule has 1 aliphatic rings. The molecule has 1 fully saturated rings. The van der Waals surface area contributed by atoms with Crippen LogP contribution < -0.4 is 5.46 Å². The minimum Gasteiger partial charge on any atom is -0.404 e. The lowest BCUT2D eigenvalue weighted by Gasteiger charge is -2.16. The lowest BCUT2D eigenvalue weighted by Crippen LogP contribution is -2.36. The summed E-state index contributed by atoms with van der Waals surface area (Å²) in [7, 11) is -0.214. The van der Waals surface area contributed by atoms with Crippen molar-refractivity contribution in [2.45, 2.75) is 24.8 Å². The van der Waals surface area contributed by atoms with Gasteiger partial charge in [0.15, 0.2) is 0 Å². The van der Waals surface area contributed by atoms with Crippen LogP contribution in [0.1, 0.15) is 19.4 Å². The Labute approximate surface area is 99.2 Å². The Bertz CT molecular complexity index is 354. The quantitative estimate of drug-likeness (QED) is 0.604. The Morgan fingerprint density at radius 2 is 2.13 bits per heavy atom. The van der Waals surface area contributed by atoms with Crippen molar-refractivity contribution >= 4 is 28.5 Å². The van der Waals surface area contributed by atoms with E-state index in [0.717, 1.165) is 10.8 Å². The van der Waals surface area contributed by atoms with Crippen molar-refractivity contribution < 1.29 is 9.31 Å². The molecule has 0 N–H and O–H groups in total. The van der Waals surface area contributed by atoms with Crippen LogP contribution in [0.15, 0.2) is 24.3 Å². The molecule has 1 aromatic carbocycles. The van der Waals surface area contributed by atoms with E-state index in [-0.39, 0.29) is 12.7 Å². The maximum absolute atomic E-state index is 5.83. The second kappa shape index (κ2) is 4.28. The average Bonchev–Trinajstić information content (AvgIpc) is 2.59. The molecule has 0 atom stereocenters. The Hall–Kier alpha value is -0.315. The molecular weight excluding hydrogens is 255 g/mol. The Balaban J connectivity index is 2.23.